The van der Waals surface area contributed by atoms with Crippen LogP contribution in [0.4, 0.5) is 0 Å². The maximum Gasteiger partial charge on any atom is 0.0406 e. The molecule has 1 heteroatoms. The van der Waals surface area contributed by atoms with Crippen molar-refractivity contribution < 1.29 is 0 Å². The number of fused-ring (bicyclic) bond motifs is 1. The second kappa shape index (κ2) is 3.15. The van der Waals surface area contributed by atoms with Crippen molar-refractivity contribution in [1.82, 2.24) is 5.32 Å². The lowest BCUT2D eigenvalue weighted by Crippen LogP contribution is -2.39. The first-order chi connectivity index (χ1) is 6.26. The van der Waals surface area contributed by atoms with Gasteiger partial charge in [0.15, 0.2) is 0 Å². The molecule has 0 saturated heterocycles. The van der Waals surface area contributed by atoms with Gasteiger partial charge in [0, 0.05) is 5.54 Å². The summed E-state index contributed by atoms with van der Waals surface area (Å²) in [6.45, 7) is 2.30. The minimum absolute atomic E-state index is 0.203. The number of aryl methyl sites for hydroxylation is 1. The number of benzene rings is 1. The summed E-state index contributed by atoms with van der Waals surface area (Å²) in [5, 5.41) is 3.44. The van der Waals surface area contributed by atoms with Crippen molar-refractivity contribution in [3.63, 3.8) is 0 Å². The molecule has 2 rings (SSSR count). The molecule has 0 spiro atoms. The molecule has 0 aromatic heterocycles. The lowest BCUT2D eigenvalue weighted by molar-refractivity contribution is 0.338. The highest BCUT2D eigenvalue weighted by Crippen LogP contribution is 2.34. The van der Waals surface area contributed by atoms with Crippen molar-refractivity contribution in [2.75, 3.05) is 7.05 Å². The van der Waals surface area contributed by atoms with Gasteiger partial charge < -0.3 is 5.32 Å². The van der Waals surface area contributed by atoms with E-state index in [1.807, 2.05) is 0 Å². The van der Waals surface area contributed by atoms with Crippen LogP contribution in [-0.2, 0) is 12.0 Å². The van der Waals surface area contributed by atoms with Crippen LogP contribution >= 0.6 is 0 Å². The predicted molar refractivity (Wildman–Crippen MR) is 55.8 cm³/mol. The Hall–Kier alpha value is -0.820. The third kappa shape index (κ3) is 1.37. The van der Waals surface area contributed by atoms with Crippen LogP contribution in [0.25, 0.3) is 0 Å². The van der Waals surface area contributed by atoms with Crippen LogP contribution in [0.15, 0.2) is 24.3 Å². The van der Waals surface area contributed by atoms with Crippen molar-refractivity contribution in [3.8, 4) is 0 Å². The van der Waals surface area contributed by atoms with Gasteiger partial charge in [-0.1, -0.05) is 24.3 Å². The van der Waals surface area contributed by atoms with Gasteiger partial charge in [-0.2, -0.15) is 0 Å². The third-order valence-corrected chi connectivity index (χ3v) is 3.29. The molecule has 13 heavy (non-hydrogen) atoms. The standard InChI is InChI=1S/C12H17N/c1-12(13-2)9-5-7-10-6-3-4-8-11(10)12/h3-4,6,8,13H,5,7,9H2,1-2H3. The van der Waals surface area contributed by atoms with Crippen LogP contribution in [-0.4, -0.2) is 7.05 Å². The van der Waals surface area contributed by atoms with E-state index in [4.69, 9.17) is 0 Å². The molecule has 0 amide bonds. The van der Waals surface area contributed by atoms with Crippen LogP contribution in [0.5, 0.6) is 0 Å². The Morgan fingerprint density at radius 3 is 2.85 bits per heavy atom. The molecule has 70 valence electrons. The van der Waals surface area contributed by atoms with Gasteiger partial charge in [0.2, 0.25) is 0 Å². The van der Waals surface area contributed by atoms with Gasteiger partial charge >= 0.3 is 0 Å². The molecule has 0 fully saturated rings. The van der Waals surface area contributed by atoms with Gasteiger partial charge in [-0.25, -0.2) is 0 Å². The summed E-state index contributed by atoms with van der Waals surface area (Å²) in [5.41, 5.74) is 3.21. The summed E-state index contributed by atoms with van der Waals surface area (Å²) in [6.07, 6.45) is 3.79. The summed E-state index contributed by atoms with van der Waals surface area (Å²) in [4.78, 5) is 0. The first kappa shape index (κ1) is 8.76. The Morgan fingerprint density at radius 2 is 2.08 bits per heavy atom. The molecule has 1 aliphatic rings. The van der Waals surface area contributed by atoms with E-state index >= 15 is 0 Å². The Kier molecular flexibility index (Phi) is 2.12. The van der Waals surface area contributed by atoms with Crippen molar-refractivity contribution in [2.45, 2.75) is 31.7 Å². The first-order valence-corrected chi connectivity index (χ1v) is 5.03. The Bertz CT molecular complexity index is 306. The monoisotopic (exact) mass is 175 g/mol. The fraction of sp³-hybridized carbons (Fsp3) is 0.500. The molecule has 1 aromatic carbocycles. The maximum absolute atomic E-state index is 3.44. The summed E-state index contributed by atoms with van der Waals surface area (Å²) < 4.78 is 0. The lowest BCUT2D eigenvalue weighted by Gasteiger charge is -2.35. The summed E-state index contributed by atoms with van der Waals surface area (Å²) >= 11 is 0. The second-order valence-corrected chi connectivity index (χ2v) is 4.09. The number of nitrogens with one attached hydrogen (secondary N) is 1. The molecule has 0 saturated carbocycles. The zero-order chi connectivity index (χ0) is 9.31. The SMILES string of the molecule is CNC1(C)CCCc2ccccc21. The van der Waals surface area contributed by atoms with Crippen molar-refractivity contribution in [1.29, 1.82) is 0 Å². The first-order valence-electron chi connectivity index (χ1n) is 5.03. The Labute approximate surface area is 80.2 Å². The maximum atomic E-state index is 3.44. The largest absolute Gasteiger partial charge is 0.311 e. The van der Waals surface area contributed by atoms with Crippen molar-refractivity contribution >= 4 is 0 Å². The van der Waals surface area contributed by atoms with Crippen LogP contribution < -0.4 is 5.32 Å². The van der Waals surface area contributed by atoms with Crippen molar-refractivity contribution in [2.24, 2.45) is 0 Å². The van der Waals surface area contributed by atoms with Gasteiger partial charge in [-0.05, 0) is 44.4 Å². The molecule has 1 aliphatic carbocycles. The van der Waals surface area contributed by atoms with Gasteiger partial charge in [-0.3, -0.25) is 0 Å². The molecular formula is C12H17N. The smallest absolute Gasteiger partial charge is 0.0406 e. The minimum Gasteiger partial charge on any atom is -0.311 e. The molecule has 0 bridgehead atoms. The summed E-state index contributed by atoms with van der Waals surface area (Å²) in [6, 6.07) is 8.79. The molecule has 1 nitrogen and oxygen atoms in total. The number of hydrogen-bond acceptors (Lipinski definition) is 1. The van der Waals surface area contributed by atoms with Crippen LogP contribution in [0.2, 0.25) is 0 Å². The number of rotatable bonds is 1. The normalized spacial score (nSPS) is 26.9. The Morgan fingerprint density at radius 1 is 1.31 bits per heavy atom. The zero-order valence-corrected chi connectivity index (χ0v) is 8.43. The fourth-order valence-corrected chi connectivity index (χ4v) is 2.30. The van der Waals surface area contributed by atoms with Crippen LogP contribution in [0, 0.1) is 0 Å². The summed E-state index contributed by atoms with van der Waals surface area (Å²) in [5.74, 6) is 0. The zero-order valence-electron chi connectivity index (χ0n) is 8.43. The van der Waals surface area contributed by atoms with Crippen LogP contribution in [0.3, 0.4) is 0 Å². The van der Waals surface area contributed by atoms with E-state index in [2.05, 4.69) is 43.6 Å². The molecule has 0 aliphatic heterocycles. The van der Waals surface area contributed by atoms with Gasteiger partial charge in [-0.15, -0.1) is 0 Å². The van der Waals surface area contributed by atoms with E-state index in [9.17, 15) is 0 Å². The molecule has 1 unspecified atom stereocenters. The molecule has 1 N–H and O–H groups in total. The van der Waals surface area contributed by atoms with Crippen LogP contribution in [0.1, 0.15) is 30.9 Å². The van der Waals surface area contributed by atoms with Gasteiger partial charge in [0.05, 0.1) is 0 Å². The highest BCUT2D eigenvalue weighted by atomic mass is 14.9. The van der Waals surface area contributed by atoms with Gasteiger partial charge in [0.25, 0.3) is 0 Å². The van der Waals surface area contributed by atoms with E-state index in [0.717, 1.165) is 0 Å². The highest BCUT2D eigenvalue weighted by Gasteiger charge is 2.29. The molecular weight excluding hydrogens is 158 g/mol. The number of hydrogen-bond donors (Lipinski definition) is 1. The summed E-state index contributed by atoms with van der Waals surface area (Å²) in [7, 11) is 2.06. The quantitative estimate of drug-likeness (QED) is 0.691. The predicted octanol–water partition coefficient (Wildman–Crippen LogP) is 2.46. The third-order valence-electron chi connectivity index (χ3n) is 3.29. The second-order valence-electron chi connectivity index (χ2n) is 4.09. The molecule has 1 atom stereocenters. The van der Waals surface area contributed by atoms with E-state index in [1.165, 1.54) is 30.4 Å². The van der Waals surface area contributed by atoms with E-state index in [0.29, 0.717) is 0 Å². The minimum atomic E-state index is 0.203. The topological polar surface area (TPSA) is 12.0 Å². The average Bonchev–Trinajstić information content (AvgIpc) is 2.19. The van der Waals surface area contributed by atoms with E-state index in [-0.39, 0.29) is 5.54 Å². The van der Waals surface area contributed by atoms with E-state index in [1.54, 1.807) is 0 Å². The highest BCUT2D eigenvalue weighted by molar-refractivity contribution is 5.35. The Balaban J connectivity index is 2.48. The molecule has 0 heterocycles. The fourth-order valence-electron chi connectivity index (χ4n) is 2.30. The average molecular weight is 175 g/mol. The molecule has 1 aromatic rings. The van der Waals surface area contributed by atoms with Crippen molar-refractivity contribution in [3.05, 3.63) is 35.4 Å². The molecule has 0 radical (unpaired) electrons. The van der Waals surface area contributed by atoms with Gasteiger partial charge in [0.1, 0.15) is 0 Å². The van der Waals surface area contributed by atoms with E-state index < -0.39 is 0 Å². The lowest BCUT2D eigenvalue weighted by atomic mass is 9.78.